The van der Waals surface area contributed by atoms with Crippen LogP contribution in [0.4, 0.5) is 10.3 Å². The number of fused-ring (bicyclic) bond motifs is 2. The molecule has 20 heteroatoms. The number of aliphatic hydroxyl groups is 1. The first-order valence-electron chi connectivity index (χ1n) is 30.2. The Hall–Kier alpha value is -7.54. The van der Waals surface area contributed by atoms with E-state index in [9.17, 15) is 34.2 Å². The topological polar surface area (TPSA) is 220 Å². The number of aromatic nitrogens is 3. The van der Waals surface area contributed by atoms with Gasteiger partial charge in [-0.1, -0.05) is 92.5 Å². The van der Waals surface area contributed by atoms with Gasteiger partial charge in [0, 0.05) is 55.0 Å². The summed E-state index contributed by atoms with van der Waals surface area (Å²) in [5, 5.41) is 31.1. The van der Waals surface area contributed by atoms with E-state index in [4.69, 9.17) is 4.74 Å². The zero-order valence-corrected chi connectivity index (χ0v) is 52.2. The number of para-hydroxylation sites is 1. The molecule has 3 aromatic heterocycles. The average Bonchev–Trinajstić information content (AvgIpc) is 3.51. The second-order valence-electron chi connectivity index (χ2n) is 24.8. The van der Waals surface area contributed by atoms with Crippen molar-refractivity contribution < 1.29 is 38.9 Å². The monoisotopic (exact) mass is 1230 g/mol. The molecule has 2 saturated heterocycles. The molecule has 4 aromatic carbocycles. The lowest BCUT2D eigenvalue weighted by atomic mass is 9.65. The van der Waals surface area contributed by atoms with Gasteiger partial charge < -0.3 is 35.4 Å². The van der Waals surface area contributed by atoms with E-state index in [0.29, 0.717) is 78.4 Å². The third kappa shape index (κ3) is 14.7. The number of anilines is 2. The molecule has 1 aliphatic carbocycles. The zero-order chi connectivity index (χ0) is 60.8. The summed E-state index contributed by atoms with van der Waals surface area (Å²) in [6, 6.07) is 27.5. The van der Waals surface area contributed by atoms with Crippen molar-refractivity contribution in [2.24, 2.45) is 16.7 Å². The molecule has 3 atom stereocenters. The number of ether oxygens (including phenoxy) is 1. The lowest BCUT2D eigenvalue weighted by Crippen LogP contribution is -2.57. The molecule has 5 N–H and O–H groups in total. The van der Waals surface area contributed by atoms with E-state index < -0.39 is 29.6 Å². The van der Waals surface area contributed by atoms with Crippen LogP contribution in [0.25, 0.3) is 20.7 Å². The van der Waals surface area contributed by atoms with Crippen LogP contribution in [0.2, 0.25) is 0 Å². The minimum atomic E-state index is -1.07. The molecule has 87 heavy (non-hydrogen) atoms. The SMILES string of the molecule is Cc1ncsc1-c1ccc(CNC(=O)[C@@H]2C[C@@H](O)CN2C(=O)[C@@H](NC(=O)CC2CCC3(CC2)CCN(CC#Cc2ccc(OCCCc4sc(N5CCc6cccc(C(=O)Nc7nc8ccccc8s7)c6C5)nc4C(=O)O)cc2)CC3)C(C)(C)C)cc1. The van der Waals surface area contributed by atoms with Crippen molar-refractivity contribution in [2.75, 3.05) is 49.5 Å². The molecule has 17 nitrogen and oxygen atoms in total. The van der Waals surface area contributed by atoms with E-state index in [1.54, 1.807) is 11.3 Å². The number of thiazole rings is 3. The highest BCUT2D eigenvalue weighted by Crippen LogP contribution is 2.47. The molecule has 0 bridgehead atoms. The van der Waals surface area contributed by atoms with Crippen LogP contribution in [0, 0.1) is 35.5 Å². The van der Waals surface area contributed by atoms with Crippen LogP contribution < -0.4 is 25.6 Å². The smallest absolute Gasteiger partial charge is 0.355 e. The maximum absolute atomic E-state index is 14.3. The van der Waals surface area contributed by atoms with E-state index >= 15 is 0 Å². The Morgan fingerprint density at radius 3 is 2.39 bits per heavy atom. The summed E-state index contributed by atoms with van der Waals surface area (Å²) >= 11 is 4.40. The fraction of sp³-hybridized carbons (Fsp3) is 0.433. The van der Waals surface area contributed by atoms with Crippen LogP contribution in [0.3, 0.4) is 0 Å². The number of aromatic carboxylic acids is 1. The first-order valence-corrected chi connectivity index (χ1v) is 32.7. The van der Waals surface area contributed by atoms with Crippen molar-refractivity contribution >= 4 is 84.1 Å². The van der Waals surface area contributed by atoms with Crippen LogP contribution in [0.1, 0.15) is 132 Å². The Morgan fingerprint density at radius 1 is 0.897 bits per heavy atom. The minimum Gasteiger partial charge on any atom is -0.494 e. The summed E-state index contributed by atoms with van der Waals surface area (Å²) < 4.78 is 7.08. The number of nitrogens with zero attached hydrogens (tertiary/aromatic N) is 6. The summed E-state index contributed by atoms with van der Waals surface area (Å²) in [5.74, 6) is 5.51. The lowest BCUT2D eigenvalue weighted by Gasteiger charge is -2.45. The molecule has 4 amide bonds. The van der Waals surface area contributed by atoms with Gasteiger partial charge in [0.1, 0.15) is 17.8 Å². The maximum Gasteiger partial charge on any atom is 0.355 e. The Morgan fingerprint density at radius 2 is 1.67 bits per heavy atom. The quantitative estimate of drug-likeness (QED) is 0.0399. The van der Waals surface area contributed by atoms with Crippen LogP contribution >= 0.6 is 34.0 Å². The molecule has 3 aliphatic heterocycles. The highest BCUT2D eigenvalue weighted by molar-refractivity contribution is 7.22. The van der Waals surface area contributed by atoms with Gasteiger partial charge in [0.2, 0.25) is 17.7 Å². The van der Waals surface area contributed by atoms with Gasteiger partial charge in [0.25, 0.3) is 5.91 Å². The van der Waals surface area contributed by atoms with Gasteiger partial charge in [0.05, 0.1) is 45.6 Å². The molecule has 3 fully saturated rings. The van der Waals surface area contributed by atoms with Gasteiger partial charge in [-0.15, -0.1) is 22.7 Å². The van der Waals surface area contributed by atoms with Crippen LogP contribution in [0.15, 0.2) is 96.5 Å². The number of β-amino-alcohol motifs (C(OH)–C–C–N with tert-alkyl or cyclic N) is 1. The first kappa shape index (κ1) is 61.1. The summed E-state index contributed by atoms with van der Waals surface area (Å²) in [5.41, 5.74) is 8.76. The number of likely N-dealkylation sites (tertiary alicyclic amines) is 2. The van der Waals surface area contributed by atoms with Crippen LogP contribution in [-0.2, 0) is 40.3 Å². The zero-order valence-electron chi connectivity index (χ0n) is 49.7. The van der Waals surface area contributed by atoms with Crippen LogP contribution in [-0.4, -0.2) is 122 Å². The second kappa shape index (κ2) is 26.8. The number of benzene rings is 4. The van der Waals surface area contributed by atoms with Crippen molar-refractivity contribution in [1.29, 1.82) is 0 Å². The highest BCUT2D eigenvalue weighted by atomic mass is 32.1. The van der Waals surface area contributed by atoms with Gasteiger partial charge in [-0.25, -0.2) is 19.7 Å². The Balaban J connectivity index is 0.590. The molecule has 1 spiro atoms. The maximum atomic E-state index is 14.3. The Labute approximate surface area is 520 Å². The van der Waals surface area contributed by atoms with E-state index in [2.05, 4.69) is 52.5 Å². The second-order valence-corrected chi connectivity index (χ2v) is 27.7. The summed E-state index contributed by atoms with van der Waals surface area (Å²) in [4.78, 5) is 88.9. The molecule has 1 saturated carbocycles. The molecule has 0 radical (unpaired) electrons. The number of carbonyl (C=O) groups is 5. The fourth-order valence-electron chi connectivity index (χ4n) is 12.6. The number of carbonyl (C=O) groups excluding carboxylic acids is 4. The molecule has 4 aliphatic rings. The van der Waals surface area contributed by atoms with Crippen LogP contribution in [0.5, 0.6) is 5.75 Å². The van der Waals surface area contributed by atoms with Crippen molar-refractivity contribution in [3.8, 4) is 28.0 Å². The summed E-state index contributed by atoms with van der Waals surface area (Å²) in [6.45, 7) is 12.2. The molecule has 11 rings (SSSR count). The number of hydrogen-bond donors (Lipinski definition) is 5. The van der Waals surface area contributed by atoms with E-state index in [0.717, 1.165) is 100 Å². The number of aliphatic hydroxyl groups excluding tert-OH is 1. The lowest BCUT2D eigenvalue weighted by molar-refractivity contribution is -0.144. The molecular weight excluding hydrogens is 1150 g/mol. The number of amides is 4. The third-order valence-corrected chi connectivity index (χ3v) is 20.8. The number of piperidine rings is 1. The normalized spacial score (nSPS) is 18.2. The third-order valence-electron chi connectivity index (χ3n) is 17.7. The minimum absolute atomic E-state index is 0.0296. The average molecular weight is 1230 g/mol. The number of carboxylic acid groups (broad SMARTS) is 1. The number of rotatable bonds is 18. The van der Waals surface area contributed by atoms with Gasteiger partial charge in [-0.05, 0) is 159 Å². The Kier molecular flexibility index (Phi) is 18.8. The van der Waals surface area contributed by atoms with E-state index in [1.807, 2.05) is 124 Å². The molecule has 0 unspecified atom stereocenters. The highest BCUT2D eigenvalue weighted by Gasteiger charge is 2.45. The standard InChI is InChI=1S/C67H75N9O8S3/c1-42-58(85-41-69-42)47-20-16-45(17-21-47)38-68-61(80)53-37-48(77)39-76(53)62(81)59(66(2,3)4)71-56(78)36-44-24-27-67(28-25-44)29-33-74(34-30-67)31-8-10-43-18-22-49(23-19-43)84-35-9-15-55-57(63(82)83)72-65(87-55)75-32-26-46-11-7-12-50(51(46)40-75)60(79)73-64-70-52-13-5-6-14-54(52)86-64/h5-7,11-14,16-23,41,44,48,53,59,77H,9,15,24-40H2,1-4H3,(H,68,80)(H,71,78)(H,82,83)(H,70,73,79)/t48-,53+,59-/m1/s1. The number of aryl methyl sites for hydroxylation is 2. The molecule has 6 heterocycles. The largest absolute Gasteiger partial charge is 0.494 e. The van der Waals surface area contributed by atoms with Crippen molar-refractivity contribution in [1.82, 2.24) is 35.4 Å². The predicted octanol–water partition coefficient (Wildman–Crippen LogP) is 10.5. The van der Waals surface area contributed by atoms with Gasteiger partial charge in [-0.3, -0.25) is 29.4 Å². The van der Waals surface area contributed by atoms with Gasteiger partial charge in [-0.2, -0.15) is 0 Å². The summed E-state index contributed by atoms with van der Waals surface area (Å²) in [7, 11) is 0. The van der Waals surface area contributed by atoms with Gasteiger partial charge in [0.15, 0.2) is 16.0 Å². The van der Waals surface area contributed by atoms with Crippen molar-refractivity contribution in [3.05, 3.63) is 141 Å². The Bertz CT molecular complexity index is 3660. The van der Waals surface area contributed by atoms with E-state index in [-0.39, 0.29) is 60.2 Å². The number of carboxylic acids is 1. The summed E-state index contributed by atoms with van der Waals surface area (Å²) in [6.07, 6.45) is 7.69. The molecular formula is C67H75N9O8S3. The van der Waals surface area contributed by atoms with E-state index in [1.165, 1.54) is 27.6 Å². The fourth-order valence-corrected chi connectivity index (χ4v) is 15.4. The first-order chi connectivity index (χ1) is 41.9. The van der Waals surface area contributed by atoms with Gasteiger partial charge >= 0.3 is 5.97 Å². The molecule has 454 valence electrons. The van der Waals surface area contributed by atoms with Crippen molar-refractivity contribution in [2.45, 2.75) is 130 Å². The molecule has 7 aromatic rings. The van der Waals surface area contributed by atoms with Crippen molar-refractivity contribution in [3.63, 3.8) is 0 Å². The number of nitrogens with one attached hydrogen (secondary N) is 3. The predicted molar refractivity (Wildman–Crippen MR) is 341 cm³/mol. The number of hydrogen-bond acceptors (Lipinski definition) is 15.